The van der Waals surface area contributed by atoms with E-state index in [9.17, 15) is 8.42 Å². The average molecular weight is 522 g/mol. The minimum atomic E-state index is -3.06. The molecule has 0 radical (unpaired) electrons. The molecule has 1 aliphatic rings. The zero-order valence-electron chi connectivity index (χ0n) is 17.7. The number of sulfone groups is 1. The highest BCUT2D eigenvalue weighted by Crippen LogP contribution is 2.24. The molecule has 0 spiro atoms. The van der Waals surface area contributed by atoms with Crippen LogP contribution < -0.4 is 5.32 Å². The van der Waals surface area contributed by atoms with Crippen molar-refractivity contribution in [2.24, 2.45) is 4.99 Å². The van der Waals surface area contributed by atoms with E-state index in [1.807, 2.05) is 6.07 Å². The van der Waals surface area contributed by atoms with Crippen molar-refractivity contribution in [1.29, 1.82) is 0 Å². The van der Waals surface area contributed by atoms with Crippen LogP contribution in [0.2, 0.25) is 0 Å². The highest BCUT2D eigenvalue weighted by atomic mass is 127. The molecule has 1 atom stereocenters. The summed E-state index contributed by atoms with van der Waals surface area (Å²) in [6.45, 7) is 11.5. The molecule has 1 aliphatic heterocycles. The molecular weight excluding hydrogens is 487 g/mol. The Bertz CT molecular complexity index is 734. The van der Waals surface area contributed by atoms with Crippen molar-refractivity contribution in [2.75, 3.05) is 45.5 Å². The number of hydrogen-bond donors (Lipinski definition) is 1. The maximum atomic E-state index is 12.3. The van der Waals surface area contributed by atoms with Crippen molar-refractivity contribution in [1.82, 2.24) is 15.1 Å². The summed E-state index contributed by atoms with van der Waals surface area (Å²) in [5.41, 5.74) is 1.27. The molecule has 0 saturated carbocycles. The molecule has 28 heavy (non-hydrogen) atoms. The molecule has 1 heterocycles. The van der Waals surface area contributed by atoms with E-state index >= 15 is 0 Å². The van der Waals surface area contributed by atoms with Crippen molar-refractivity contribution in [3.63, 3.8) is 0 Å². The van der Waals surface area contributed by atoms with Crippen molar-refractivity contribution in [3.8, 4) is 0 Å². The summed E-state index contributed by atoms with van der Waals surface area (Å²) in [7, 11) is -1.31. The van der Waals surface area contributed by atoms with E-state index in [0.717, 1.165) is 25.6 Å². The van der Waals surface area contributed by atoms with Crippen LogP contribution >= 0.6 is 24.0 Å². The van der Waals surface area contributed by atoms with Gasteiger partial charge in [-0.15, -0.1) is 24.0 Å². The highest BCUT2D eigenvalue weighted by Gasteiger charge is 2.41. The Morgan fingerprint density at radius 2 is 1.86 bits per heavy atom. The van der Waals surface area contributed by atoms with E-state index in [-0.39, 0.29) is 35.8 Å². The topological polar surface area (TPSA) is 65.0 Å². The van der Waals surface area contributed by atoms with Gasteiger partial charge in [0.15, 0.2) is 15.8 Å². The van der Waals surface area contributed by atoms with E-state index in [1.165, 1.54) is 5.56 Å². The number of halogens is 1. The van der Waals surface area contributed by atoms with E-state index in [1.54, 1.807) is 20.9 Å². The molecule has 6 nitrogen and oxygen atoms in total. The van der Waals surface area contributed by atoms with Crippen LogP contribution in [0.1, 0.15) is 39.3 Å². The Hall–Kier alpha value is -0.870. The van der Waals surface area contributed by atoms with Gasteiger partial charge in [0.1, 0.15) is 0 Å². The predicted octanol–water partition coefficient (Wildman–Crippen LogP) is 2.77. The lowest BCUT2D eigenvalue weighted by Crippen LogP contribution is -2.57. The van der Waals surface area contributed by atoms with Crippen molar-refractivity contribution in [3.05, 3.63) is 35.9 Å². The minimum Gasteiger partial charge on any atom is -0.354 e. The van der Waals surface area contributed by atoms with Crippen molar-refractivity contribution >= 4 is 39.8 Å². The van der Waals surface area contributed by atoms with E-state index < -0.39 is 14.6 Å². The molecule has 0 aliphatic carbocycles. The largest absolute Gasteiger partial charge is 0.354 e. The molecule has 1 aromatic carbocycles. The van der Waals surface area contributed by atoms with Gasteiger partial charge in [-0.25, -0.2) is 8.42 Å². The van der Waals surface area contributed by atoms with Gasteiger partial charge < -0.3 is 10.2 Å². The third kappa shape index (κ3) is 5.82. The zero-order chi connectivity index (χ0) is 20.1. The van der Waals surface area contributed by atoms with Crippen LogP contribution in [-0.4, -0.2) is 74.4 Å². The molecule has 0 amide bonds. The van der Waals surface area contributed by atoms with Crippen LogP contribution in [0, 0.1) is 0 Å². The van der Waals surface area contributed by atoms with Gasteiger partial charge in [0.25, 0.3) is 0 Å². The van der Waals surface area contributed by atoms with Gasteiger partial charge >= 0.3 is 0 Å². The quantitative estimate of drug-likeness (QED) is 0.354. The normalized spacial score (nSPS) is 19.8. The predicted molar refractivity (Wildman–Crippen MR) is 128 cm³/mol. The van der Waals surface area contributed by atoms with Gasteiger partial charge in [-0.2, -0.15) is 0 Å². The first kappa shape index (κ1) is 25.2. The number of guanidine groups is 1. The third-order valence-electron chi connectivity index (χ3n) is 5.45. The second kappa shape index (κ2) is 10.8. The first-order chi connectivity index (χ1) is 12.8. The van der Waals surface area contributed by atoms with Crippen LogP contribution in [0.15, 0.2) is 35.3 Å². The zero-order valence-corrected chi connectivity index (χ0v) is 20.8. The van der Waals surface area contributed by atoms with Crippen LogP contribution in [0.4, 0.5) is 0 Å². The summed E-state index contributed by atoms with van der Waals surface area (Å²) < 4.78 is 23.8. The lowest BCUT2D eigenvalue weighted by Gasteiger charge is -2.40. The number of nitrogens with one attached hydrogen (secondary N) is 1. The number of hydrogen-bond acceptors (Lipinski definition) is 4. The van der Waals surface area contributed by atoms with Crippen LogP contribution in [-0.2, 0) is 9.84 Å². The smallest absolute Gasteiger partial charge is 0.193 e. The Kier molecular flexibility index (Phi) is 9.69. The number of benzene rings is 1. The van der Waals surface area contributed by atoms with E-state index in [0.29, 0.717) is 13.1 Å². The Balaban J connectivity index is 0.00000392. The van der Waals surface area contributed by atoms with Gasteiger partial charge in [0, 0.05) is 26.7 Å². The molecule has 1 aromatic rings. The molecule has 1 fully saturated rings. The molecule has 1 unspecified atom stereocenters. The third-order valence-corrected chi connectivity index (χ3v) is 7.98. The minimum absolute atomic E-state index is 0. The number of rotatable bonds is 6. The fraction of sp³-hybridized carbons (Fsp3) is 0.650. The summed E-state index contributed by atoms with van der Waals surface area (Å²) >= 11 is 0. The van der Waals surface area contributed by atoms with Crippen molar-refractivity contribution in [2.45, 2.75) is 38.5 Å². The Labute approximate surface area is 187 Å². The lowest BCUT2D eigenvalue weighted by atomic mass is 10.1. The van der Waals surface area contributed by atoms with Gasteiger partial charge in [0.2, 0.25) is 0 Å². The van der Waals surface area contributed by atoms with Gasteiger partial charge in [0.05, 0.1) is 16.5 Å². The molecule has 0 bridgehead atoms. The second-order valence-corrected chi connectivity index (χ2v) is 10.3. The van der Waals surface area contributed by atoms with Crippen LogP contribution in [0.3, 0.4) is 0 Å². The monoisotopic (exact) mass is 522 g/mol. The van der Waals surface area contributed by atoms with Gasteiger partial charge in [-0.3, -0.25) is 9.89 Å². The standard InChI is InChI=1S/C20H34N4O2S.HI/c1-6-23(7-2)18(17-11-9-8-10-12-17)15-22-19(21-5)24-13-14-27(25,26)20(3,4)16-24;/h8-12,18H,6-7,13-16H2,1-5H3,(H,21,22);1H. The summed E-state index contributed by atoms with van der Waals surface area (Å²) in [5.74, 6) is 0.935. The molecule has 2 rings (SSSR count). The average Bonchev–Trinajstić information content (AvgIpc) is 2.65. The molecule has 1 N–H and O–H groups in total. The highest BCUT2D eigenvalue weighted by molar-refractivity contribution is 14.0. The Morgan fingerprint density at radius 3 is 2.36 bits per heavy atom. The summed E-state index contributed by atoms with van der Waals surface area (Å²) in [5, 5.41) is 3.49. The first-order valence-corrected chi connectivity index (χ1v) is 11.4. The fourth-order valence-electron chi connectivity index (χ4n) is 3.64. The maximum Gasteiger partial charge on any atom is 0.193 e. The molecule has 1 saturated heterocycles. The second-order valence-electron chi connectivity index (χ2n) is 7.58. The molecule has 160 valence electrons. The number of aliphatic imine (C=N–C) groups is 1. The summed E-state index contributed by atoms with van der Waals surface area (Å²) in [4.78, 5) is 8.90. The van der Waals surface area contributed by atoms with Gasteiger partial charge in [-0.05, 0) is 32.5 Å². The molecule has 0 aromatic heterocycles. The van der Waals surface area contributed by atoms with Gasteiger partial charge in [-0.1, -0.05) is 44.2 Å². The first-order valence-electron chi connectivity index (χ1n) is 9.72. The Morgan fingerprint density at radius 1 is 1.25 bits per heavy atom. The number of likely N-dealkylation sites (N-methyl/N-ethyl adjacent to an activating group) is 1. The summed E-state index contributed by atoms with van der Waals surface area (Å²) in [6, 6.07) is 10.7. The molecular formula is C20H35IN4O2S. The summed E-state index contributed by atoms with van der Waals surface area (Å²) in [6.07, 6.45) is 0. The SMILES string of the molecule is CCN(CC)C(CNC(=NC)N1CCS(=O)(=O)C(C)(C)C1)c1ccccc1.I. The van der Waals surface area contributed by atoms with E-state index in [4.69, 9.17) is 0 Å². The fourth-order valence-corrected chi connectivity index (χ4v) is 5.01. The lowest BCUT2D eigenvalue weighted by molar-refractivity contribution is 0.217. The van der Waals surface area contributed by atoms with E-state index in [2.05, 4.69) is 58.2 Å². The van der Waals surface area contributed by atoms with Crippen LogP contribution in [0.5, 0.6) is 0 Å². The van der Waals surface area contributed by atoms with Crippen molar-refractivity contribution < 1.29 is 8.42 Å². The number of nitrogens with zero attached hydrogens (tertiary/aromatic N) is 3. The molecule has 8 heteroatoms. The van der Waals surface area contributed by atoms with Crippen LogP contribution in [0.25, 0.3) is 0 Å². The maximum absolute atomic E-state index is 12.3.